The van der Waals surface area contributed by atoms with Crippen molar-refractivity contribution in [1.82, 2.24) is 9.80 Å². The summed E-state index contributed by atoms with van der Waals surface area (Å²) in [4.78, 5) is 5.08. The largest absolute Gasteiger partial charge is 0.286 e. The predicted octanol–water partition coefficient (Wildman–Crippen LogP) is 3.04. The molecule has 0 aliphatic carbocycles. The van der Waals surface area contributed by atoms with Gasteiger partial charge in [0.2, 0.25) is 0 Å². The summed E-state index contributed by atoms with van der Waals surface area (Å²) in [6, 6.07) is 1.24. The molecular formula is C14H30N2. The number of hydrogen-bond acceptors (Lipinski definition) is 2. The third-order valence-corrected chi connectivity index (χ3v) is 4.13. The van der Waals surface area contributed by atoms with Gasteiger partial charge in [-0.25, -0.2) is 0 Å². The minimum atomic E-state index is 0.325. The second-order valence-electron chi connectivity index (χ2n) is 7.58. The SMILES string of the molecule is CC1N(C)C(C(C)(C)C)C(C(C)(C)C)N1C. The van der Waals surface area contributed by atoms with Crippen molar-refractivity contribution in [2.45, 2.75) is 66.7 Å². The fourth-order valence-corrected chi connectivity index (χ4v) is 3.37. The molecule has 1 fully saturated rings. The molecule has 1 aliphatic heterocycles. The van der Waals surface area contributed by atoms with Crippen LogP contribution in [0.3, 0.4) is 0 Å². The van der Waals surface area contributed by atoms with Gasteiger partial charge >= 0.3 is 0 Å². The van der Waals surface area contributed by atoms with Crippen LogP contribution in [0.2, 0.25) is 0 Å². The average molecular weight is 226 g/mol. The fraction of sp³-hybridized carbons (Fsp3) is 1.00. The molecule has 0 spiro atoms. The van der Waals surface area contributed by atoms with Crippen LogP contribution in [-0.4, -0.2) is 42.1 Å². The zero-order valence-corrected chi connectivity index (χ0v) is 12.6. The van der Waals surface area contributed by atoms with Crippen LogP contribution in [0, 0.1) is 10.8 Å². The van der Waals surface area contributed by atoms with E-state index in [1.165, 1.54) is 0 Å². The molecule has 2 heteroatoms. The summed E-state index contributed by atoms with van der Waals surface area (Å²) in [6.07, 6.45) is 0.536. The molecular weight excluding hydrogens is 196 g/mol. The number of rotatable bonds is 0. The second-order valence-corrected chi connectivity index (χ2v) is 7.58. The Labute approximate surface area is 102 Å². The van der Waals surface area contributed by atoms with E-state index in [-0.39, 0.29) is 0 Å². The molecule has 0 saturated carbocycles. The van der Waals surface area contributed by atoms with Crippen LogP contribution in [0.25, 0.3) is 0 Å². The molecule has 0 bridgehead atoms. The molecule has 2 unspecified atom stereocenters. The first-order valence-electron chi connectivity index (χ1n) is 6.42. The number of hydrogen-bond donors (Lipinski definition) is 0. The molecule has 0 amide bonds. The lowest BCUT2D eigenvalue weighted by molar-refractivity contribution is 0.0926. The Morgan fingerprint density at radius 3 is 1.12 bits per heavy atom. The fourth-order valence-electron chi connectivity index (χ4n) is 3.37. The van der Waals surface area contributed by atoms with Gasteiger partial charge in [0, 0.05) is 12.1 Å². The Morgan fingerprint density at radius 2 is 0.938 bits per heavy atom. The van der Waals surface area contributed by atoms with Crippen LogP contribution in [0.1, 0.15) is 48.5 Å². The van der Waals surface area contributed by atoms with Crippen molar-refractivity contribution in [2.24, 2.45) is 10.8 Å². The third-order valence-electron chi connectivity index (χ3n) is 4.13. The quantitative estimate of drug-likeness (QED) is 0.626. The Hall–Kier alpha value is -0.0800. The lowest BCUT2D eigenvalue weighted by Gasteiger charge is -2.42. The van der Waals surface area contributed by atoms with E-state index >= 15 is 0 Å². The Kier molecular flexibility index (Phi) is 3.49. The summed E-state index contributed by atoms with van der Waals surface area (Å²) in [5.41, 5.74) is 0.650. The van der Waals surface area contributed by atoms with E-state index in [4.69, 9.17) is 0 Å². The zero-order valence-electron chi connectivity index (χ0n) is 12.6. The summed E-state index contributed by atoms with van der Waals surface area (Å²) in [5, 5.41) is 0. The maximum atomic E-state index is 2.54. The van der Waals surface area contributed by atoms with Crippen LogP contribution in [0.5, 0.6) is 0 Å². The molecule has 0 aromatic rings. The normalized spacial score (nSPS) is 34.7. The van der Waals surface area contributed by atoms with E-state index in [2.05, 4.69) is 72.4 Å². The molecule has 2 atom stereocenters. The Bertz CT molecular complexity index is 220. The zero-order chi connectivity index (χ0) is 12.9. The first-order chi connectivity index (χ1) is 6.98. The van der Waals surface area contributed by atoms with Gasteiger partial charge in [-0.05, 0) is 31.8 Å². The summed E-state index contributed by atoms with van der Waals surface area (Å²) in [6.45, 7) is 16.5. The first kappa shape index (κ1) is 14.0. The van der Waals surface area contributed by atoms with E-state index in [1.54, 1.807) is 0 Å². The maximum Gasteiger partial charge on any atom is 0.0594 e. The van der Waals surface area contributed by atoms with Gasteiger partial charge in [-0.15, -0.1) is 0 Å². The minimum Gasteiger partial charge on any atom is -0.286 e. The monoisotopic (exact) mass is 226 g/mol. The summed E-state index contributed by atoms with van der Waals surface area (Å²) in [7, 11) is 4.53. The molecule has 0 aromatic carbocycles. The Morgan fingerprint density at radius 1 is 0.688 bits per heavy atom. The maximum absolute atomic E-state index is 2.54. The lowest BCUT2D eigenvalue weighted by Crippen LogP contribution is -2.50. The third kappa shape index (κ3) is 2.28. The van der Waals surface area contributed by atoms with E-state index in [0.717, 1.165) is 0 Å². The average Bonchev–Trinajstić information content (AvgIpc) is 2.27. The highest BCUT2D eigenvalue weighted by atomic mass is 15.4. The van der Waals surface area contributed by atoms with Crippen LogP contribution in [-0.2, 0) is 0 Å². The molecule has 0 N–H and O–H groups in total. The van der Waals surface area contributed by atoms with E-state index in [9.17, 15) is 0 Å². The van der Waals surface area contributed by atoms with Gasteiger partial charge in [-0.1, -0.05) is 41.5 Å². The number of likely N-dealkylation sites (N-methyl/N-ethyl adjacent to an activating group) is 2. The minimum absolute atomic E-state index is 0.325. The first-order valence-corrected chi connectivity index (χ1v) is 6.42. The van der Waals surface area contributed by atoms with Crippen molar-refractivity contribution in [2.75, 3.05) is 14.1 Å². The Balaban J connectivity index is 3.12. The molecule has 1 rings (SSSR count). The van der Waals surface area contributed by atoms with Gasteiger partial charge in [0.25, 0.3) is 0 Å². The summed E-state index contributed by atoms with van der Waals surface area (Å²) < 4.78 is 0. The van der Waals surface area contributed by atoms with Crippen LogP contribution < -0.4 is 0 Å². The van der Waals surface area contributed by atoms with Crippen molar-refractivity contribution in [3.63, 3.8) is 0 Å². The molecule has 1 aliphatic rings. The summed E-state index contributed by atoms with van der Waals surface area (Å²) >= 11 is 0. The van der Waals surface area contributed by atoms with Crippen molar-refractivity contribution in [1.29, 1.82) is 0 Å². The van der Waals surface area contributed by atoms with Gasteiger partial charge in [-0.3, -0.25) is 9.80 Å². The highest BCUT2D eigenvalue weighted by Gasteiger charge is 2.50. The molecule has 16 heavy (non-hydrogen) atoms. The van der Waals surface area contributed by atoms with Crippen molar-refractivity contribution in [3.8, 4) is 0 Å². The number of nitrogens with zero attached hydrogens (tertiary/aromatic N) is 2. The van der Waals surface area contributed by atoms with Crippen molar-refractivity contribution in [3.05, 3.63) is 0 Å². The smallest absolute Gasteiger partial charge is 0.0594 e. The van der Waals surface area contributed by atoms with Gasteiger partial charge < -0.3 is 0 Å². The highest BCUT2D eigenvalue weighted by Crippen LogP contribution is 2.42. The predicted molar refractivity (Wildman–Crippen MR) is 71.5 cm³/mol. The van der Waals surface area contributed by atoms with Gasteiger partial charge in [0.15, 0.2) is 0 Å². The van der Waals surface area contributed by atoms with Gasteiger partial charge in [0.1, 0.15) is 0 Å². The van der Waals surface area contributed by atoms with Crippen LogP contribution in [0.15, 0.2) is 0 Å². The second kappa shape index (κ2) is 3.99. The lowest BCUT2D eigenvalue weighted by atomic mass is 9.73. The van der Waals surface area contributed by atoms with Gasteiger partial charge in [0.05, 0.1) is 6.17 Å². The topological polar surface area (TPSA) is 6.48 Å². The highest BCUT2D eigenvalue weighted by molar-refractivity contribution is 5.04. The van der Waals surface area contributed by atoms with Gasteiger partial charge in [-0.2, -0.15) is 0 Å². The molecule has 0 radical (unpaired) electrons. The standard InChI is InChI=1S/C14H30N2/c1-10-15(8)11(13(2,3)4)12(16(10)9)14(5,6)7/h10-12H,1-9H3. The van der Waals surface area contributed by atoms with Crippen molar-refractivity contribution >= 4 is 0 Å². The molecule has 1 heterocycles. The molecule has 96 valence electrons. The van der Waals surface area contributed by atoms with E-state index < -0.39 is 0 Å². The van der Waals surface area contributed by atoms with Crippen LogP contribution in [0.4, 0.5) is 0 Å². The van der Waals surface area contributed by atoms with Crippen LogP contribution >= 0.6 is 0 Å². The molecule has 1 saturated heterocycles. The molecule has 2 nitrogen and oxygen atoms in total. The summed E-state index contributed by atoms with van der Waals surface area (Å²) in [5.74, 6) is 0. The van der Waals surface area contributed by atoms with Crippen molar-refractivity contribution < 1.29 is 0 Å². The van der Waals surface area contributed by atoms with E-state index in [1.807, 2.05) is 0 Å². The molecule has 0 aromatic heterocycles. The van der Waals surface area contributed by atoms with E-state index in [0.29, 0.717) is 29.1 Å².